The third-order valence-corrected chi connectivity index (χ3v) is 9.47. The first-order chi connectivity index (χ1) is 22.0. The van der Waals surface area contributed by atoms with Gasteiger partial charge in [-0.15, -0.1) is 0 Å². The van der Waals surface area contributed by atoms with Crippen LogP contribution in [0.15, 0.2) is 12.2 Å². The second-order valence-electron chi connectivity index (χ2n) is 14.3. The summed E-state index contributed by atoms with van der Waals surface area (Å²) in [5.74, 6) is -0.177. The number of aliphatic hydroxyl groups is 1. The van der Waals surface area contributed by atoms with Gasteiger partial charge in [0.1, 0.15) is 13.2 Å². The van der Waals surface area contributed by atoms with E-state index in [-0.39, 0.29) is 19.1 Å². The van der Waals surface area contributed by atoms with Gasteiger partial charge in [-0.05, 0) is 38.5 Å². The van der Waals surface area contributed by atoms with Crippen LogP contribution < -0.4 is 10.2 Å². The molecule has 3 atom stereocenters. The number of nitrogens with one attached hydrogen (secondary N) is 1. The molecule has 0 spiro atoms. The first-order valence-electron chi connectivity index (χ1n) is 19.0. The minimum absolute atomic E-state index is 0.00912. The summed E-state index contributed by atoms with van der Waals surface area (Å²) in [5, 5.41) is 13.8. The number of allylic oxidation sites excluding steroid dienone is 2. The number of quaternary nitrogens is 1. The van der Waals surface area contributed by atoms with Crippen molar-refractivity contribution < 1.29 is 32.9 Å². The topological polar surface area (TPSA) is 108 Å². The summed E-state index contributed by atoms with van der Waals surface area (Å²) in [6, 6.07) is -0.808. The molecule has 0 heterocycles. The van der Waals surface area contributed by atoms with Gasteiger partial charge >= 0.3 is 0 Å². The molecule has 8 nitrogen and oxygen atoms in total. The lowest BCUT2D eigenvalue weighted by atomic mass is 10.0. The van der Waals surface area contributed by atoms with Crippen molar-refractivity contribution in [1.29, 1.82) is 0 Å². The van der Waals surface area contributed by atoms with Crippen molar-refractivity contribution in [2.75, 3.05) is 40.9 Å². The maximum absolute atomic E-state index is 12.8. The van der Waals surface area contributed by atoms with Crippen LogP contribution in [0.2, 0.25) is 0 Å². The van der Waals surface area contributed by atoms with E-state index >= 15 is 0 Å². The van der Waals surface area contributed by atoms with Crippen molar-refractivity contribution in [3.8, 4) is 0 Å². The van der Waals surface area contributed by atoms with Crippen LogP contribution in [0, 0.1) is 0 Å². The van der Waals surface area contributed by atoms with Gasteiger partial charge in [-0.3, -0.25) is 9.36 Å². The molecular weight excluding hydrogens is 599 g/mol. The fourth-order valence-electron chi connectivity index (χ4n) is 5.38. The highest BCUT2D eigenvalue weighted by molar-refractivity contribution is 7.45. The molecule has 0 aromatic carbocycles. The van der Waals surface area contributed by atoms with Crippen molar-refractivity contribution in [3.05, 3.63) is 12.2 Å². The molecule has 0 aliphatic rings. The van der Waals surface area contributed by atoms with Crippen molar-refractivity contribution in [1.82, 2.24) is 5.32 Å². The molecule has 0 rings (SSSR count). The van der Waals surface area contributed by atoms with Crippen molar-refractivity contribution >= 4 is 13.7 Å². The van der Waals surface area contributed by atoms with Crippen LogP contribution in [0.4, 0.5) is 0 Å². The first kappa shape index (κ1) is 45.2. The standard InChI is InChI=1S/C37H75N2O6P/c1-6-8-10-12-14-16-18-20-22-24-26-28-30-36(40)35(34-45-46(42,43)44-33-32-39(3,4)5)38-37(41)31-29-27-25-23-21-19-17-15-13-11-9-7-2/h20,22,35-36,40H,6-19,21,23-34H2,1-5H3,(H-,38,41,42,43)/b22-20+/t35-,36+/m0/s1. The van der Waals surface area contributed by atoms with Crippen LogP contribution in [-0.2, 0) is 18.4 Å². The zero-order chi connectivity index (χ0) is 34.4. The first-order valence-corrected chi connectivity index (χ1v) is 20.5. The van der Waals surface area contributed by atoms with E-state index in [4.69, 9.17) is 9.05 Å². The summed E-state index contributed by atoms with van der Waals surface area (Å²) in [7, 11) is 1.29. The molecule has 1 unspecified atom stereocenters. The summed E-state index contributed by atoms with van der Waals surface area (Å²) in [4.78, 5) is 25.1. The zero-order valence-corrected chi connectivity index (χ0v) is 31.7. The average Bonchev–Trinajstić information content (AvgIpc) is 2.99. The highest BCUT2D eigenvalue weighted by Crippen LogP contribution is 2.38. The number of hydrogen-bond acceptors (Lipinski definition) is 6. The van der Waals surface area contributed by atoms with Gasteiger partial charge in [0.15, 0.2) is 0 Å². The fraction of sp³-hybridized carbons (Fsp3) is 0.919. The molecule has 1 amide bonds. The number of likely N-dealkylation sites (N-methyl/N-ethyl adjacent to an activating group) is 1. The van der Waals surface area contributed by atoms with Crippen LogP contribution >= 0.6 is 7.82 Å². The van der Waals surface area contributed by atoms with Crippen LogP contribution in [0.1, 0.15) is 168 Å². The molecule has 0 aliphatic carbocycles. The molecule has 0 saturated heterocycles. The van der Waals surface area contributed by atoms with Gasteiger partial charge < -0.3 is 28.8 Å². The van der Waals surface area contributed by atoms with E-state index in [9.17, 15) is 19.4 Å². The van der Waals surface area contributed by atoms with Gasteiger partial charge in [0.25, 0.3) is 7.82 Å². The van der Waals surface area contributed by atoms with Crippen LogP contribution in [0.3, 0.4) is 0 Å². The molecule has 0 aromatic heterocycles. The number of aliphatic hydroxyl groups excluding tert-OH is 1. The maximum atomic E-state index is 12.8. The quantitative estimate of drug-likeness (QED) is 0.0305. The summed E-state index contributed by atoms with van der Waals surface area (Å²) in [6.07, 6.45) is 30.7. The SMILES string of the molecule is CCCCCCCC/C=C/CCCC[C@@H](O)[C@H](COP(=O)([O-])OCC[N+](C)(C)C)NC(=O)CCCCCCCCCCCCCC. The van der Waals surface area contributed by atoms with E-state index in [0.29, 0.717) is 23.9 Å². The molecule has 0 bridgehead atoms. The molecule has 0 saturated carbocycles. The van der Waals surface area contributed by atoms with Gasteiger partial charge in [-0.1, -0.05) is 135 Å². The Bertz CT molecular complexity index is 773. The second kappa shape index (κ2) is 30.3. The smallest absolute Gasteiger partial charge is 0.268 e. The Hall–Kier alpha value is -0.760. The average molecular weight is 675 g/mol. The highest BCUT2D eigenvalue weighted by atomic mass is 31.2. The number of hydrogen-bond donors (Lipinski definition) is 2. The Morgan fingerprint density at radius 2 is 1.20 bits per heavy atom. The lowest BCUT2D eigenvalue weighted by molar-refractivity contribution is -0.870. The van der Waals surface area contributed by atoms with Crippen molar-refractivity contribution in [3.63, 3.8) is 0 Å². The molecule has 2 N–H and O–H groups in total. The number of phosphoric ester groups is 1. The van der Waals surface area contributed by atoms with Crippen molar-refractivity contribution in [2.24, 2.45) is 0 Å². The van der Waals surface area contributed by atoms with Crippen LogP contribution in [0.25, 0.3) is 0 Å². The largest absolute Gasteiger partial charge is 0.756 e. The highest BCUT2D eigenvalue weighted by Gasteiger charge is 2.24. The number of rotatable bonds is 34. The molecule has 0 fully saturated rings. The fourth-order valence-corrected chi connectivity index (χ4v) is 6.11. The van der Waals surface area contributed by atoms with Crippen LogP contribution in [0.5, 0.6) is 0 Å². The Morgan fingerprint density at radius 1 is 0.739 bits per heavy atom. The Morgan fingerprint density at radius 3 is 1.70 bits per heavy atom. The van der Waals surface area contributed by atoms with Crippen molar-refractivity contribution in [2.45, 2.75) is 180 Å². The number of carbonyl (C=O) groups excluding carboxylic acids is 1. The van der Waals surface area contributed by atoms with Gasteiger partial charge in [-0.2, -0.15) is 0 Å². The zero-order valence-electron chi connectivity index (χ0n) is 30.8. The molecule has 0 aromatic rings. The third kappa shape index (κ3) is 31.8. The van der Waals surface area contributed by atoms with E-state index in [1.54, 1.807) is 0 Å². The Balaban J connectivity index is 4.51. The molecule has 274 valence electrons. The maximum Gasteiger partial charge on any atom is 0.268 e. The van der Waals surface area contributed by atoms with Gasteiger partial charge in [0.2, 0.25) is 5.91 Å². The monoisotopic (exact) mass is 675 g/mol. The minimum Gasteiger partial charge on any atom is -0.756 e. The molecule has 9 heteroatoms. The lowest BCUT2D eigenvalue weighted by Crippen LogP contribution is -2.46. The normalized spacial score (nSPS) is 14.8. The van der Waals surface area contributed by atoms with E-state index in [1.165, 1.54) is 96.3 Å². The minimum atomic E-state index is -4.56. The molecular formula is C37H75N2O6P. The predicted molar refractivity (Wildman–Crippen MR) is 192 cm³/mol. The van der Waals surface area contributed by atoms with E-state index in [0.717, 1.165) is 44.9 Å². The number of amides is 1. The summed E-state index contributed by atoms with van der Waals surface area (Å²) < 4.78 is 23.1. The van der Waals surface area contributed by atoms with Gasteiger partial charge in [0, 0.05) is 6.42 Å². The number of unbranched alkanes of at least 4 members (excludes halogenated alkanes) is 19. The van der Waals surface area contributed by atoms with Gasteiger partial charge in [0.05, 0.1) is 39.9 Å². The summed E-state index contributed by atoms with van der Waals surface area (Å²) >= 11 is 0. The second-order valence-corrected chi connectivity index (χ2v) is 15.7. The summed E-state index contributed by atoms with van der Waals surface area (Å²) in [5.41, 5.74) is 0. The molecule has 46 heavy (non-hydrogen) atoms. The number of carbonyl (C=O) groups is 1. The number of nitrogens with zero attached hydrogens (tertiary/aromatic N) is 1. The molecule has 0 radical (unpaired) electrons. The lowest BCUT2D eigenvalue weighted by Gasteiger charge is -2.30. The van der Waals surface area contributed by atoms with E-state index in [2.05, 4.69) is 31.3 Å². The number of phosphoric acid groups is 1. The summed E-state index contributed by atoms with van der Waals surface area (Å²) in [6.45, 7) is 4.66. The third-order valence-electron chi connectivity index (χ3n) is 8.50. The van der Waals surface area contributed by atoms with E-state index in [1.807, 2.05) is 21.1 Å². The van der Waals surface area contributed by atoms with Gasteiger partial charge in [-0.25, -0.2) is 0 Å². The van der Waals surface area contributed by atoms with E-state index < -0.39 is 20.0 Å². The Kier molecular flexibility index (Phi) is 29.8. The predicted octanol–water partition coefficient (Wildman–Crippen LogP) is 9.00. The van der Waals surface area contributed by atoms with Crippen LogP contribution in [-0.4, -0.2) is 68.5 Å². The molecule has 0 aliphatic heterocycles. The Labute approximate surface area is 284 Å².